The molecule has 0 heterocycles. The lowest BCUT2D eigenvalue weighted by Crippen LogP contribution is -2.43. The molecule has 19 heavy (non-hydrogen) atoms. The van der Waals surface area contributed by atoms with Gasteiger partial charge in [0.15, 0.2) is 0 Å². The minimum atomic E-state index is -0.242. The van der Waals surface area contributed by atoms with Crippen molar-refractivity contribution in [2.75, 3.05) is 26.2 Å². The van der Waals surface area contributed by atoms with Gasteiger partial charge in [0.25, 0.3) is 0 Å². The van der Waals surface area contributed by atoms with Crippen molar-refractivity contribution in [3.63, 3.8) is 0 Å². The number of hydrogen-bond acceptors (Lipinski definition) is 3. The van der Waals surface area contributed by atoms with Crippen molar-refractivity contribution in [2.45, 2.75) is 71.4 Å². The third-order valence-corrected chi connectivity index (χ3v) is 4.65. The predicted molar refractivity (Wildman–Crippen MR) is 82.5 cm³/mol. The first-order valence-electron chi connectivity index (χ1n) is 8.31. The number of aliphatic hydroxyl groups is 1. The van der Waals surface area contributed by atoms with E-state index in [1.54, 1.807) is 0 Å². The second-order valence-electron chi connectivity index (χ2n) is 6.09. The molecule has 0 spiro atoms. The third kappa shape index (κ3) is 6.73. The Bertz CT molecular complexity index is 211. The van der Waals surface area contributed by atoms with Gasteiger partial charge in [0.05, 0.1) is 6.10 Å². The van der Waals surface area contributed by atoms with E-state index < -0.39 is 0 Å². The fourth-order valence-electron chi connectivity index (χ4n) is 3.14. The van der Waals surface area contributed by atoms with Crippen molar-refractivity contribution in [1.29, 1.82) is 0 Å². The van der Waals surface area contributed by atoms with Gasteiger partial charge in [-0.2, -0.15) is 0 Å². The summed E-state index contributed by atoms with van der Waals surface area (Å²) in [6.07, 6.45) is 8.08. The molecule has 3 nitrogen and oxygen atoms in total. The summed E-state index contributed by atoms with van der Waals surface area (Å²) < 4.78 is 0. The number of rotatable bonds is 8. The Kier molecular flexibility index (Phi) is 8.67. The number of aliphatic hydroxyl groups excluding tert-OH is 1. The van der Waals surface area contributed by atoms with E-state index in [9.17, 15) is 5.11 Å². The van der Waals surface area contributed by atoms with Gasteiger partial charge in [-0.3, -0.25) is 0 Å². The van der Waals surface area contributed by atoms with Gasteiger partial charge in [-0.05, 0) is 38.8 Å². The van der Waals surface area contributed by atoms with Crippen LogP contribution in [0.5, 0.6) is 0 Å². The molecule has 0 radical (unpaired) electrons. The van der Waals surface area contributed by atoms with Crippen LogP contribution < -0.4 is 5.32 Å². The van der Waals surface area contributed by atoms with Gasteiger partial charge in [-0.25, -0.2) is 0 Å². The fraction of sp³-hybridized carbons (Fsp3) is 1.00. The molecule has 1 aliphatic carbocycles. The van der Waals surface area contributed by atoms with E-state index in [4.69, 9.17) is 0 Å². The van der Waals surface area contributed by atoms with Crippen LogP contribution in [0.3, 0.4) is 0 Å². The normalized spacial score (nSPS) is 21.3. The summed E-state index contributed by atoms with van der Waals surface area (Å²) in [6.45, 7) is 10.2. The number of nitrogens with zero attached hydrogens (tertiary/aromatic N) is 1. The van der Waals surface area contributed by atoms with E-state index in [0.717, 1.165) is 32.1 Å². The summed E-state index contributed by atoms with van der Waals surface area (Å²) in [7, 11) is 0. The van der Waals surface area contributed by atoms with Crippen molar-refractivity contribution in [3.8, 4) is 0 Å². The van der Waals surface area contributed by atoms with Crippen LogP contribution >= 0.6 is 0 Å². The van der Waals surface area contributed by atoms with E-state index >= 15 is 0 Å². The van der Waals surface area contributed by atoms with E-state index in [-0.39, 0.29) is 6.10 Å². The standard InChI is InChI=1S/C16H34N2O/c1-4-18(5-2)13-16(19)12-17-14(3)15-10-8-6-7-9-11-15/h14-17,19H,4-13H2,1-3H3/t14-,16?/m0/s1. The topological polar surface area (TPSA) is 35.5 Å². The Morgan fingerprint density at radius 1 is 1.11 bits per heavy atom. The summed E-state index contributed by atoms with van der Waals surface area (Å²) in [4.78, 5) is 2.28. The Morgan fingerprint density at radius 2 is 1.68 bits per heavy atom. The maximum atomic E-state index is 10.1. The molecule has 3 heteroatoms. The quantitative estimate of drug-likeness (QED) is 0.666. The Morgan fingerprint density at radius 3 is 2.21 bits per heavy atom. The molecule has 1 saturated carbocycles. The van der Waals surface area contributed by atoms with E-state index in [1.165, 1.54) is 38.5 Å². The average molecular weight is 270 g/mol. The van der Waals surface area contributed by atoms with Crippen LogP contribution in [-0.4, -0.2) is 48.3 Å². The first kappa shape index (κ1) is 16.9. The SMILES string of the molecule is CCN(CC)CC(O)CN[C@@H](C)C1CCCCCC1. The first-order chi connectivity index (χ1) is 9.17. The van der Waals surface area contributed by atoms with Crippen LogP contribution in [0.2, 0.25) is 0 Å². The summed E-state index contributed by atoms with van der Waals surface area (Å²) in [5.74, 6) is 0.808. The molecule has 1 rings (SSSR count). The number of nitrogens with one attached hydrogen (secondary N) is 1. The zero-order chi connectivity index (χ0) is 14.1. The Labute approximate surface area is 119 Å². The van der Waals surface area contributed by atoms with Gasteiger partial charge in [0, 0.05) is 19.1 Å². The van der Waals surface area contributed by atoms with Crippen molar-refractivity contribution < 1.29 is 5.11 Å². The van der Waals surface area contributed by atoms with Gasteiger partial charge in [-0.1, -0.05) is 39.5 Å². The van der Waals surface area contributed by atoms with Crippen LogP contribution in [0.15, 0.2) is 0 Å². The fourth-order valence-corrected chi connectivity index (χ4v) is 3.14. The molecule has 2 N–H and O–H groups in total. The summed E-state index contributed by atoms with van der Waals surface area (Å²) in [5.41, 5.74) is 0. The molecule has 1 unspecified atom stereocenters. The van der Waals surface area contributed by atoms with Crippen LogP contribution in [0.4, 0.5) is 0 Å². The molecule has 0 saturated heterocycles. The lowest BCUT2D eigenvalue weighted by Gasteiger charge is -2.27. The molecule has 1 aliphatic rings. The van der Waals surface area contributed by atoms with Crippen molar-refractivity contribution in [3.05, 3.63) is 0 Å². The molecule has 2 atom stereocenters. The molecule has 114 valence electrons. The maximum Gasteiger partial charge on any atom is 0.0791 e. The average Bonchev–Trinajstić information content (AvgIpc) is 2.71. The first-order valence-corrected chi connectivity index (χ1v) is 8.31. The van der Waals surface area contributed by atoms with Gasteiger partial charge < -0.3 is 15.3 Å². The second kappa shape index (κ2) is 9.73. The van der Waals surface area contributed by atoms with E-state index in [2.05, 4.69) is 31.0 Å². The Balaban J connectivity index is 2.22. The molecule has 0 aliphatic heterocycles. The zero-order valence-electron chi connectivity index (χ0n) is 13.2. The molecule has 0 aromatic carbocycles. The second-order valence-corrected chi connectivity index (χ2v) is 6.09. The monoisotopic (exact) mass is 270 g/mol. The van der Waals surface area contributed by atoms with Crippen LogP contribution in [0.1, 0.15) is 59.3 Å². The number of hydrogen-bond donors (Lipinski definition) is 2. The summed E-state index contributed by atoms with van der Waals surface area (Å²) in [5, 5.41) is 13.6. The largest absolute Gasteiger partial charge is 0.390 e. The molecular formula is C16H34N2O. The van der Waals surface area contributed by atoms with Crippen molar-refractivity contribution >= 4 is 0 Å². The van der Waals surface area contributed by atoms with Gasteiger partial charge in [0.2, 0.25) is 0 Å². The summed E-state index contributed by atoms with van der Waals surface area (Å²) >= 11 is 0. The van der Waals surface area contributed by atoms with Crippen molar-refractivity contribution in [1.82, 2.24) is 10.2 Å². The molecule has 0 aromatic rings. The highest BCUT2D eigenvalue weighted by Crippen LogP contribution is 2.25. The number of likely N-dealkylation sites (N-methyl/N-ethyl adjacent to an activating group) is 1. The molecule has 1 fully saturated rings. The van der Waals surface area contributed by atoms with Crippen LogP contribution in [0, 0.1) is 5.92 Å². The van der Waals surface area contributed by atoms with Crippen molar-refractivity contribution in [2.24, 2.45) is 5.92 Å². The smallest absolute Gasteiger partial charge is 0.0791 e. The summed E-state index contributed by atoms with van der Waals surface area (Å²) in [6, 6.07) is 0.546. The Hall–Kier alpha value is -0.120. The lowest BCUT2D eigenvalue weighted by molar-refractivity contribution is 0.111. The van der Waals surface area contributed by atoms with Crippen LogP contribution in [0.25, 0.3) is 0 Å². The maximum absolute atomic E-state index is 10.1. The minimum absolute atomic E-state index is 0.242. The van der Waals surface area contributed by atoms with Gasteiger partial charge in [0.1, 0.15) is 0 Å². The zero-order valence-corrected chi connectivity index (χ0v) is 13.2. The minimum Gasteiger partial charge on any atom is -0.390 e. The van der Waals surface area contributed by atoms with Gasteiger partial charge in [-0.15, -0.1) is 0 Å². The highest BCUT2D eigenvalue weighted by molar-refractivity contribution is 4.76. The molecule has 0 aromatic heterocycles. The molecule has 0 bridgehead atoms. The van der Waals surface area contributed by atoms with Crippen LogP contribution in [-0.2, 0) is 0 Å². The highest BCUT2D eigenvalue weighted by atomic mass is 16.3. The third-order valence-electron chi connectivity index (χ3n) is 4.65. The van der Waals surface area contributed by atoms with Gasteiger partial charge >= 0.3 is 0 Å². The highest BCUT2D eigenvalue weighted by Gasteiger charge is 2.19. The predicted octanol–water partition coefficient (Wildman–Crippen LogP) is 2.64. The van der Waals surface area contributed by atoms with E-state index in [0.29, 0.717) is 6.04 Å². The molecular weight excluding hydrogens is 236 g/mol. The lowest BCUT2D eigenvalue weighted by atomic mass is 9.93. The van der Waals surface area contributed by atoms with E-state index in [1.807, 2.05) is 0 Å². The molecule has 0 amide bonds.